The van der Waals surface area contributed by atoms with Gasteiger partial charge in [0.1, 0.15) is 6.04 Å². The van der Waals surface area contributed by atoms with Crippen LogP contribution in [0.4, 0.5) is 5.69 Å². The molecule has 3 amide bonds. The van der Waals surface area contributed by atoms with Crippen molar-refractivity contribution in [1.29, 1.82) is 0 Å². The highest BCUT2D eigenvalue weighted by Gasteiger charge is 2.36. The van der Waals surface area contributed by atoms with Gasteiger partial charge >= 0.3 is 0 Å². The van der Waals surface area contributed by atoms with Crippen LogP contribution in [-0.4, -0.2) is 83.8 Å². The van der Waals surface area contributed by atoms with E-state index < -0.39 is 6.04 Å². The number of H-pyrrole nitrogens is 1. The van der Waals surface area contributed by atoms with Crippen LogP contribution in [0, 0.1) is 11.8 Å². The predicted molar refractivity (Wildman–Crippen MR) is 176 cm³/mol. The van der Waals surface area contributed by atoms with Crippen LogP contribution < -0.4 is 10.2 Å². The van der Waals surface area contributed by atoms with Gasteiger partial charge in [-0.15, -0.1) is 0 Å². The molecule has 0 saturated carbocycles. The Bertz CT molecular complexity index is 1680. The topological polar surface area (TPSA) is 102 Å². The number of nitrogens with zero attached hydrogens (tertiary/aromatic N) is 4. The molecule has 10 heteroatoms. The number of nitrogens with one attached hydrogen (secondary N) is 2. The number of aromatic amines is 1. The first-order valence-corrected chi connectivity index (χ1v) is 15.9. The Hall–Kier alpha value is -4.21. The summed E-state index contributed by atoms with van der Waals surface area (Å²) < 4.78 is 0. The average molecular weight is 627 g/mol. The minimum Gasteiger partial charge on any atom is -0.361 e. The van der Waals surface area contributed by atoms with Crippen LogP contribution in [0.15, 0.2) is 73.2 Å². The van der Waals surface area contributed by atoms with Crippen molar-refractivity contribution in [2.75, 3.05) is 45.2 Å². The van der Waals surface area contributed by atoms with E-state index in [0.717, 1.165) is 40.7 Å². The van der Waals surface area contributed by atoms with Gasteiger partial charge in [0.2, 0.25) is 11.8 Å². The molecule has 234 valence electrons. The zero-order chi connectivity index (χ0) is 31.5. The second-order valence-corrected chi connectivity index (χ2v) is 12.9. The summed E-state index contributed by atoms with van der Waals surface area (Å²) in [6.07, 6.45) is 7.37. The Morgan fingerprint density at radius 2 is 1.89 bits per heavy atom. The number of halogens is 1. The second kappa shape index (κ2) is 13.4. The number of hydrogen-bond acceptors (Lipinski definition) is 5. The molecule has 4 heterocycles. The number of likely N-dealkylation sites (tertiary alicyclic amines) is 1. The number of piperidine rings is 1. The van der Waals surface area contributed by atoms with Crippen molar-refractivity contribution >= 4 is 45.9 Å². The number of carbonyl (C=O) groups is 3. The predicted octanol–water partition coefficient (Wildman–Crippen LogP) is 4.56. The Kier molecular flexibility index (Phi) is 9.19. The van der Waals surface area contributed by atoms with Gasteiger partial charge in [-0.2, -0.15) is 0 Å². The van der Waals surface area contributed by atoms with Crippen molar-refractivity contribution in [3.05, 3.63) is 94.9 Å². The van der Waals surface area contributed by atoms with Gasteiger partial charge in [0, 0.05) is 78.7 Å². The molecule has 1 fully saturated rings. The van der Waals surface area contributed by atoms with E-state index in [2.05, 4.69) is 20.2 Å². The smallest absolute Gasteiger partial charge is 0.255 e. The van der Waals surface area contributed by atoms with Crippen LogP contribution >= 0.6 is 11.6 Å². The van der Waals surface area contributed by atoms with Gasteiger partial charge in [-0.05, 0) is 86.8 Å². The summed E-state index contributed by atoms with van der Waals surface area (Å²) in [5.41, 5.74) is 4.39. The molecule has 4 aromatic rings. The first kappa shape index (κ1) is 30.8. The molecule has 2 aromatic carbocycles. The lowest BCUT2D eigenvalue weighted by molar-refractivity contribution is -0.131. The van der Waals surface area contributed by atoms with Crippen molar-refractivity contribution < 1.29 is 14.4 Å². The van der Waals surface area contributed by atoms with E-state index in [0.29, 0.717) is 49.5 Å². The molecule has 0 aliphatic carbocycles. The zero-order valence-corrected chi connectivity index (χ0v) is 26.5. The molecule has 2 atom stereocenters. The Morgan fingerprint density at radius 3 is 2.64 bits per heavy atom. The maximum absolute atomic E-state index is 14.6. The summed E-state index contributed by atoms with van der Waals surface area (Å²) in [7, 11) is 4.07. The maximum atomic E-state index is 14.6. The third kappa shape index (κ3) is 6.89. The molecule has 0 radical (unpaired) electrons. The Labute approximate surface area is 268 Å². The highest BCUT2D eigenvalue weighted by Crippen LogP contribution is 2.33. The molecule has 0 bridgehead atoms. The number of para-hydroxylation sites is 1. The van der Waals surface area contributed by atoms with E-state index >= 15 is 0 Å². The van der Waals surface area contributed by atoms with Gasteiger partial charge in [0.15, 0.2) is 0 Å². The molecule has 2 aliphatic heterocycles. The normalized spacial score (nSPS) is 17.7. The van der Waals surface area contributed by atoms with Gasteiger partial charge in [-0.3, -0.25) is 19.4 Å². The van der Waals surface area contributed by atoms with Crippen molar-refractivity contribution in [3.8, 4) is 0 Å². The van der Waals surface area contributed by atoms with Crippen molar-refractivity contribution in [2.45, 2.75) is 31.7 Å². The molecule has 1 saturated heterocycles. The van der Waals surface area contributed by atoms with Crippen molar-refractivity contribution in [1.82, 2.24) is 25.1 Å². The largest absolute Gasteiger partial charge is 0.361 e. The minimum atomic E-state index is -0.770. The van der Waals surface area contributed by atoms with Crippen LogP contribution in [0.1, 0.15) is 34.3 Å². The van der Waals surface area contributed by atoms with E-state index in [-0.39, 0.29) is 29.6 Å². The first-order chi connectivity index (χ1) is 21.8. The van der Waals surface area contributed by atoms with Crippen molar-refractivity contribution in [3.63, 3.8) is 0 Å². The number of hydrogen-bond donors (Lipinski definition) is 2. The van der Waals surface area contributed by atoms with Gasteiger partial charge < -0.3 is 25.0 Å². The fourth-order valence-corrected chi connectivity index (χ4v) is 6.97. The molecule has 2 N–H and O–H groups in total. The van der Waals surface area contributed by atoms with Gasteiger partial charge in [-0.1, -0.05) is 29.8 Å². The van der Waals surface area contributed by atoms with Crippen LogP contribution in [0.2, 0.25) is 5.02 Å². The Balaban J connectivity index is 1.23. The number of fused-ring (bicyclic) bond motifs is 2. The van der Waals surface area contributed by atoms with E-state index in [1.807, 2.05) is 67.7 Å². The monoisotopic (exact) mass is 626 g/mol. The highest BCUT2D eigenvalue weighted by atomic mass is 35.5. The summed E-state index contributed by atoms with van der Waals surface area (Å²) >= 11 is 6.39. The third-order valence-electron chi connectivity index (χ3n) is 8.95. The highest BCUT2D eigenvalue weighted by molar-refractivity contribution is 6.30. The summed E-state index contributed by atoms with van der Waals surface area (Å²) in [6.45, 7) is 2.32. The lowest BCUT2D eigenvalue weighted by atomic mass is 9.90. The quantitative estimate of drug-likeness (QED) is 0.299. The molecule has 1 unspecified atom stereocenters. The summed E-state index contributed by atoms with van der Waals surface area (Å²) in [4.78, 5) is 54.4. The van der Waals surface area contributed by atoms with E-state index in [1.165, 1.54) is 0 Å². The van der Waals surface area contributed by atoms with Crippen LogP contribution in [0.5, 0.6) is 0 Å². The van der Waals surface area contributed by atoms with Crippen molar-refractivity contribution in [2.24, 2.45) is 11.8 Å². The number of pyridine rings is 1. The fraction of sp³-hybridized carbons (Fsp3) is 0.371. The maximum Gasteiger partial charge on any atom is 0.255 e. The molecule has 45 heavy (non-hydrogen) atoms. The second-order valence-electron chi connectivity index (χ2n) is 12.5. The van der Waals surface area contributed by atoms with Crippen LogP contribution in [-0.2, 0) is 22.4 Å². The Morgan fingerprint density at radius 1 is 1.09 bits per heavy atom. The number of anilines is 1. The summed E-state index contributed by atoms with van der Waals surface area (Å²) in [5.74, 6) is -0.439. The number of amides is 3. The van der Waals surface area contributed by atoms with Gasteiger partial charge in [0.25, 0.3) is 5.91 Å². The number of aromatic nitrogens is 2. The van der Waals surface area contributed by atoms with E-state index in [9.17, 15) is 14.4 Å². The number of rotatable bonds is 8. The van der Waals surface area contributed by atoms with Crippen LogP contribution in [0.3, 0.4) is 0 Å². The van der Waals surface area contributed by atoms with Gasteiger partial charge in [0.05, 0.1) is 5.56 Å². The number of carbonyl (C=O) groups excluding carboxylic acids is 3. The summed E-state index contributed by atoms with van der Waals surface area (Å²) in [6, 6.07) is 16.4. The molecule has 6 rings (SSSR count). The lowest BCUT2D eigenvalue weighted by Crippen LogP contribution is -2.54. The minimum absolute atomic E-state index is 0.0782. The molecule has 2 aliphatic rings. The molecular formula is C35H39ClN6O3. The summed E-state index contributed by atoms with van der Waals surface area (Å²) in [5, 5.41) is 4.84. The van der Waals surface area contributed by atoms with Gasteiger partial charge in [-0.25, -0.2) is 0 Å². The van der Waals surface area contributed by atoms with E-state index in [1.54, 1.807) is 29.4 Å². The molecule has 2 aromatic heterocycles. The standard InChI is InChI=1S/C35H39ClN6O3/c1-40(2)21-23-16-26-17-28(36)9-10-32(26)42(22-23)35(45)31(18-27-20-38-30-8-4-3-7-29(27)30)39-33(43)24-11-14-41(15-12-24)34(44)25-6-5-13-37-19-25/h3-10,13,17,19-20,23-24,31,38H,11-12,14-16,18,21-22H2,1-2H3,(H,39,43)/t23?,31-/m1/s1. The van der Waals surface area contributed by atoms with Crippen LogP contribution in [0.25, 0.3) is 10.9 Å². The zero-order valence-electron chi connectivity index (χ0n) is 25.7. The number of benzene rings is 2. The fourth-order valence-electron chi connectivity index (χ4n) is 6.78. The molecular weight excluding hydrogens is 588 g/mol. The molecule has 9 nitrogen and oxygen atoms in total. The third-order valence-corrected chi connectivity index (χ3v) is 9.18. The molecule has 0 spiro atoms. The lowest BCUT2D eigenvalue weighted by Gasteiger charge is -2.38. The SMILES string of the molecule is CN(C)CC1Cc2cc(Cl)ccc2N(C(=O)[C@@H](Cc2c[nH]c3ccccc23)NC(=O)C2CCN(C(=O)c3cccnc3)CC2)C1. The first-order valence-electron chi connectivity index (χ1n) is 15.6. The average Bonchev–Trinajstić information content (AvgIpc) is 3.46. The van der Waals surface area contributed by atoms with E-state index in [4.69, 9.17) is 11.6 Å².